The molecule has 1 saturated heterocycles. The van der Waals surface area contributed by atoms with E-state index in [1.165, 1.54) is 0 Å². The lowest BCUT2D eigenvalue weighted by Gasteiger charge is -2.40. The predicted molar refractivity (Wildman–Crippen MR) is 72.4 cm³/mol. The second-order valence-electron chi connectivity index (χ2n) is 5.10. The first-order chi connectivity index (χ1) is 9.22. The lowest BCUT2D eigenvalue weighted by molar-refractivity contribution is 0.00225. The topological polar surface area (TPSA) is 69.2 Å². The largest absolute Gasteiger partial charge is 0.397 e. The van der Waals surface area contributed by atoms with E-state index in [9.17, 15) is 0 Å². The van der Waals surface area contributed by atoms with Crippen LogP contribution in [0.5, 0.6) is 0 Å². The van der Waals surface area contributed by atoms with Gasteiger partial charge in [0, 0.05) is 13.1 Å². The standard InChI is InChI=1S/C13H15N5O/c1-17-7-15-12-10(14)6-11(16-13(12)17)18-8-2-4-9(19-18)5-3-8/h2,4,6-9H,3,5H2,1H3,(H2,14,16). The summed E-state index contributed by atoms with van der Waals surface area (Å²) < 4.78 is 1.87. The van der Waals surface area contributed by atoms with Crippen molar-refractivity contribution < 1.29 is 4.84 Å². The lowest BCUT2D eigenvalue weighted by atomic mass is 9.98. The van der Waals surface area contributed by atoms with Gasteiger partial charge in [0.2, 0.25) is 0 Å². The molecule has 5 rings (SSSR count). The molecule has 4 heterocycles. The molecule has 0 saturated carbocycles. The van der Waals surface area contributed by atoms with Gasteiger partial charge in [0.25, 0.3) is 0 Å². The Morgan fingerprint density at radius 3 is 2.95 bits per heavy atom. The fraction of sp³-hybridized carbons (Fsp3) is 0.385. The highest BCUT2D eigenvalue weighted by Gasteiger charge is 2.32. The Morgan fingerprint density at radius 2 is 2.26 bits per heavy atom. The average molecular weight is 257 g/mol. The normalized spacial score (nSPS) is 25.4. The fourth-order valence-electron chi connectivity index (χ4n) is 2.73. The fourth-order valence-corrected chi connectivity index (χ4v) is 2.73. The van der Waals surface area contributed by atoms with Crippen molar-refractivity contribution in [2.75, 3.05) is 10.8 Å². The van der Waals surface area contributed by atoms with E-state index in [1.807, 2.05) is 22.7 Å². The number of aryl methyl sites for hydroxylation is 1. The Kier molecular flexibility index (Phi) is 2.11. The maximum absolute atomic E-state index is 6.06. The summed E-state index contributed by atoms with van der Waals surface area (Å²) in [6.45, 7) is 0. The summed E-state index contributed by atoms with van der Waals surface area (Å²) in [6, 6.07) is 2.09. The zero-order valence-corrected chi connectivity index (χ0v) is 10.7. The monoisotopic (exact) mass is 257 g/mol. The van der Waals surface area contributed by atoms with Crippen LogP contribution in [0.2, 0.25) is 0 Å². The Balaban J connectivity index is 1.83. The van der Waals surface area contributed by atoms with Gasteiger partial charge in [0.1, 0.15) is 11.6 Å². The maximum Gasteiger partial charge on any atom is 0.164 e. The van der Waals surface area contributed by atoms with Gasteiger partial charge in [-0.2, -0.15) is 0 Å². The molecule has 6 nitrogen and oxygen atoms in total. The van der Waals surface area contributed by atoms with E-state index in [0.717, 1.165) is 29.8 Å². The van der Waals surface area contributed by atoms with Gasteiger partial charge >= 0.3 is 0 Å². The van der Waals surface area contributed by atoms with Crippen LogP contribution >= 0.6 is 0 Å². The molecule has 6 heteroatoms. The zero-order valence-electron chi connectivity index (χ0n) is 10.7. The van der Waals surface area contributed by atoms with Crippen molar-refractivity contribution in [3.8, 4) is 0 Å². The van der Waals surface area contributed by atoms with E-state index >= 15 is 0 Å². The summed E-state index contributed by atoms with van der Waals surface area (Å²) in [5.41, 5.74) is 8.21. The van der Waals surface area contributed by atoms with E-state index in [-0.39, 0.29) is 12.1 Å². The molecule has 2 N–H and O–H groups in total. The number of nitrogens with two attached hydrogens (primary N) is 1. The number of hydrogen-bond acceptors (Lipinski definition) is 5. The molecule has 0 amide bonds. The molecule has 2 atom stereocenters. The van der Waals surface area contributed by atoms with Gasteiger partial charge in [-0.05, 0) is 12.8 Å². The van der Waals surface area contributed by atoms with Crippen molar-refractivity contribution >= 4 is 22.7 Å². The van der Waals surface area contributed by atoms with Crippen molar-refractivity contribution in [3.63, 3.8) is 0 Å². The minimum absolute atomic E-state index is 0.162. The Labute approximate surface area is 110 Å². The number of pyridine rings is 1. The van der Waals surface area contributed by atoms with Crippen molar-refractivity contribution in [1.82, 2.24) is 14.5 Å². The van der Waals surface area contributed by atoms with E-state index in [4.69, 9.17) is 10.6 Å². The van der Waals surface area contributed by atoms with Crippen molar-refractivity contribution in [3.05, 3.63) is 24.5 Å². The summed E-state index contributed by atoms with van der Waals surface area (Å²) in [5.74, 6) is 0.757. The van der Waals surface area contributed by atoms with Crippen LogP contribution in [0.15, 0.2) is 24.5 Å². The van der Waals surface area contributed by atoms with Gasteiger partial charge in [0.15, 0.2) is 11.5 Å². The van der Waals surface area contributed by atoms with E-state index in [0.29, 0.717) is 5.69 Å². The highest BCUT2D eigenvalue weighted by molar-refractivity contribution is 5.86. The van der Waals surface area contributed by atoms with Crippen LogP contribution in [0.4, 0.5) is 11.5 Å². The van der Waals surface area contributed by atoms with Crippen LogP contribution in [0, 0.1) is 0 Å². The number of imidazole rings is 1. The van der Waals surface area contributed by atoms with Gasteiger partial charge < -0.3 is 10.3 Å². The third-order valence-corrected chi connectivity index (χ3v) is 3.76. The second kappa shape index (κ2) is 3.71. The van der Waals surface area contributed by atoms with E-state index in [1.54, 1.807) is 6.33 Å². The van der Waals surface area contributed by atoms with Crippen LogP contribution in [0.3, 0.4) is 0 Å². The Morgan fingerprint density at radius 1 is 1.37 bits per heavy atom. The van der Waals surface area contributed by atoms with Gasteiger partial charge in [-0.25, -0.2) is 15.0 Å². The smallest absolute Gasteiger partial charge is 0.164 e. The van der Waals surface area contributed by atoms with Crippen LogP contribution < -0.4 is 10.8 Å². The SMILES string of the molecule is Cn1cnc2c(N)cc(N3OC4C=CC3CC4)nc21. The first-order valence-electron chi connectivity index (χ1n) is 6.44. The molecule has 2 aliphatic heterocycles. The molecule has 2 unspecified atom stereocenters. The molecule has 3 aliphatic rings. The summed E-state index contributed by atoms with van der Waals surface area (Å²) in [6.07, 6.45) is 8.35. The molecular weight excluding hydrogens is 242 g/mol. The first kappa shape index (κ1) is 10.8. The highest BCUT2D eigenvalue weighted by atomic mass is 16.7. The summed E-state index contributed by atoms with van der Waals surface area (Å²) >= 11 is 0. The van der Waals surface area contributed by atoms with Crippen molar-refractivity contribution in [2.24, 2.45) is 7.05 Å². The second-order valence-corrected chi connectivity index (χ2v) is 5.10. The number of nitrogens with zero attached hydrogens (tertiary/aromatic N) is 4. The number of fused-ring (bicyclic) bond motifs is 3. The van der Waals surface area contributed by atoms with Crippen LogP contribution in [-0.2, 0) is 11.9 Å². The number of rotatable bonds is 1. The van der Waals surface area contributed by atoms with Crippen LogP contribution in [0.25, 0.3) is 11.2 Å². The van der Waals surface area contributed by atoms with E-state index in [2.05, 4.69) is 22.1 Å². The summed E-state index contributed by atoms with van der Waals surface area (Å²) in [7, 11) is 1.91. The molecule has 0 spiro atoms. The average Bonchev–Trinajstić information content (AvgIpc) is 2.82. The highest BCUT2D eigenvalue weighted by Crippen LogP contribution is 2.33. The molecule has 2 aromatic heterocycles. The maximum atomic E-state index is 6.06. The first-order valence-corrected chi connectivity index (χ1v) is 6.44. The molecular formula is C13H15N5O. The minimum Gasteiger partial charge on any atom is -0.397 e. The van der Waals surface area contributed by atoms with Gasteiger partial charge in [0.05, 0.1) is 18.1 Å². The van der Waals surface area contributed by atoms with Crippen molar-refractivity contribution in [2.45, 2.75) is 25.0 Å². The number of aromatic nitrogens is 3. The minimum atomic E-state index is 0.162. The van der Waals surface area contributed by atoms with Gasteiger partial charge in [-0.1, -0.05) is 12.2 Å². The molecule has 0 radical (unpaired) electrons. The zero-order chi connectivity index (χ0) is 13.0. The Bertz CT molecular complexity index is 677. The number of hydrogen-bond donors (Lipinski definition) is 1. The quantitative estimate of drug-likeness (QED) is 0.782. The molecule has 1 fully saturated rings. The molecule has 98 valence electrons. The lowest BCUT2D eigenvalue weighted by Crippen LogP contribution is -2.46. The number of hydroxylamine groups is 1. The number of anilines is 2. The predicted octanol–water partition coefficient (Wildman–Crippen LogP) is 1.39. The molecule has 1 aliphatic carbocycles. The summed E-state index contributed by atoms with van der Waals surface area (Å²) in [5, 5.41) is 1.87. The van der Waals surface area contributed by atoms with Crippen LogP contribution in [-0.4, -0.2) is 26.7 Å². The molecule has 2 aromatic rings. The van der Waals surface area contributed by atoms with E-state index < -0.39 is 0 Å². The molecule has 2 bridgehead atoms. The van der Waals surface area contributed by atoms with Gasteiger partial charge in [-0.3, -0.25) is 4.84 Å². The molecule has 19 heavy (non-hydrogen) atoms. The Hall–Kier alpha value is -2.08. The number of nitrogen functional groups attached to an aromatic ring is 1. The van der Waals surface area contributed by atoms with Crippen LogP contribution in [0.1, 0.15) is 12.8 Å². The molecule has 0 aromatic carbocycles. The third kappa shape index (κ3) is 1.53. The third-order valence-electron chi connectivity index (χ3n) is 3.76. The van der Waals surface area contributed by atoms with Gasteiger partial charge in [-0.15, -0.1) is 0 Å². The van der Waals surface area contributed by atoms with Crippen molar-refractivity contribution in [1.29, 1.82) is 0 Å². The summed E-state index contributed by atoms with van der Waals surface area (Å²) in [4.78, 5) is 14.8.